The first-order valence-electron chi connectivity index (χ1n) is 10.3. The fourth-order valence-corrected chi connectivity index (χ4v) is 5.21. The van der Waals surface area contributed by atoms with Crippen LogP contribution in [0.4, 0.5) is 0 Å². The smallest absolute Gasteiger partial charge is 0.237 e. The van der Waals surface area contributed by atoms with Gasteiger partial charge in [0.2, 0.25) is 11.8 Å². The largest absolute Gasteiger partial charge is 0.393 e. The summed E-state index contributed by atoms with van der Waals surface area (Å²) < 4.78 is 0. The van der Waals surface area contributed by atoms with Gasteiger partial charge in [-0.05, 0) is 45.0 Å². The van der Waals surface area contributed by atoms with E-state index in [9.17, 15) is 14.7 Å². The van der Waals surface area contributed by atoms with Crippen molar-refractivity contribution in [3.8, 4) is 0 Å². The molecule has 2 aliphatic heterocycles. The third-order valence-electron chi connectivity index (χ3n) is 6.72. The second-order valence-electron chi connectivity index (χ2n) is 9.07. The first kappa shape index (κ1) is 19.4. The Labute approximate surface area is 167 Å². The summed E-state index contributed by atoms with van der Waals surface area (Å²) in [5.74, 6) is 0.935. The van der Waals surface area contributed by atoms with Crippen molar-refractivity contribution in [1.29, 1.82) is 0 Å². The van der Waals surface area contributed by atoms with Gasteiger partial charge in [-0.15, -0.1) is 0 Å². The number of fused-ring (bicyclic) bond motifs is 1. The lowest BCUT2D eigenvalue weighted by Gasteiger charge is -2.35. The van der Waals surface area contributed by atoms with E-state index in [1.807, 2.05) is 40.9 Å². The third kappa shape index (κ3) is 3.44. The van der Waals surface area contributed by atoms with Crippen molar-refractivity contribution in [3.63, 3.8) is 0 Å². The van der Waals surface area contributed by atoms with Crippen molar-refractivity contribution >= 4 is 11.8 Å². The van der Waals surface area contributed by atoms with Gasteiger partial charge in [0.25, 0.3) is 0 Å². The third-order valence-corrected chi connectivity index (χ3v) is 6.72. The molecule has 4 rings (SSSR count). The molecule has 0 unspecified atom stereocenters. The maximum absolute atomic E-state index is 13.0. The van der Waals surface area contributed by atoms with Gasteiger partial charge in [-0.3, -0.25) is 9.59 Å². The molecule has 3 atom stereocenters. The molecule has 6 nitrogen and oxygen atoms in total. The van der Waals surface area contributed by atoms with E-state index in [0.29, 0.717) is 38.4 Å². The lowest BCUT2D eigenvalue weighted by atomic mass is 9.81. The number of amides is 2. The number of aliphatic hydroxyl groups is 1. The van der Waals surface area contributed by atoms with Gasteiger partial charge in [0.1, 0.15) is 0 Å². The Morgan fingerprint density at radius 2 is 1.86 bits per heavy atom. The molecule has 1 aromatic carbocycles. The predicted octanol–water partition coefficient (Wildman–Crippen LogP) is 1.29. The second kappa shape index (κ2) is 7.48. The van der Waals surface area contributed by atoms with Crippen molar-refractivity contribution in [2.24, 2.45) is 17.8 Å². The zero-order chi connectivity index (χ0) is 20.0. The van der Waals surface area contributed by atoms with E-state index < -0.39 is 0 Å². The summed E-state index contributed by atoms with van der Waals surface area (Å²) in [6.45, 7) is 4.66. The van der Waals surface area contributed by atoms with E-state index in [1.165, 1.54) is 11.1 Å². The van der Waals surface area contributed by atoms with Crippen LogP contribution in [0.5, 0.6) is 0 Å². The molecule has 0 spiro atoms. The van der Waals surface area contributed by atoms with Gasteiger partial charge >= 0.3 is 0 Å². The molecular formula is C22H31N3O3. The predicted molar refractivity (Wildman–Crippen MR) is 106 cm³/mol. The van der Waals surface area contributed by atoms with Crippen LogP contribution < -0.4 is 0 Å². The SMILES string of the molecule is Cc1ccccc1[C@H]1[C@@H]2CN(C(=O)C3CC(O)C3)C[C@@H]2CN1C(=O)CN(C)C. The molecule has 6 heteroatoms. The number of aryl methyl sites for hydroxylation is 1. The molecule has 2 heterocycles. The Morgan fingerprint density at radius 3 is 2.50 bits per heavy atom. The highest BCUT2D eigenvalue weighted by Gasteiger charge is 2.51. The van der Waals surface area contributed by atoms with Gasteiger partial charge in [0, 0.05) is 37.4 Å². The van der Waals surface area contributed by atoms with Gasteiger partial charge in [-0.2, -0.15) is 0 Å². The Hall–Kier alpha value is -1.92. The number of likely N-dealkylation sites (N-methyl/N-ethyl adjacent to an activating group) is 1. The average molecular weight is 386 g/mol. The molecule has 2 saturated heterocycles. The van der Waals surface area contributed by atoms with Crippen LogP contribution in [0.15, 0.2) is 24.3 Å². The highest BCUT2D eigenvalue weighted by molar-refractivity contribution is 5.81. The Bertz CT molecular complexity index is 759. The zero-order valence-electron chi connectivity index (χ0n) is 17.0. The summed E-state index contributed by atoms with van der Waals surface area (Å²) in [7, 11) is 3.84. The average Bonchev–Trinajstić information content (AvgIpc) is 3.16. The summed E-state index contributed by atoms with van der Waals surface area (Å²) in [4.78, 5) is 31.7. The van der Waals surface area contributed by atoms with Gasteiger partial charge < -0.3 is 19.8 Å². The highest BCUT2D eigenvalue weighted by Crippen LogP contribution is 2.46. The van der Waals surface area contributed by atoms with Crippen molar-refractivity contribution in [3.05, 3.63) is 35.4 Å². The molecular weight excluding hydrogens is 354 g/mol. The first-order valence-corrected chi connectivity index (χ1v) is 10.3. The number of carbonyl (C=O) groups excluding carboxylic acids is 2. The Kier molecular flexibility index (Phi) is 5.19. The lowest BCUT2D eigenvalue weighted by Crippen LogP contribution is -2.45. The van der Waals surface area contributed by atoms with Crippen LogP contribution in [0.2, 0.25) is 0 Å². The van der Waals surface area contributed by atoms with Crippen LogP contribution in [0.1, 0.15) is 30.0 Å². The molecule has 2 amide bonds. The number of benzene rings is 1. The lowest BCUT2D eigenvalue weighted by molar-refractivity contribution is -0.141. The van der Waals surface area contributed by atoms with Crippen molar-refractivity contribution < 1.29 is 14.7 Å². The minimum Gasteiger partial charge on any atom is -0.393 e. The summed E-state index contributed by atoms with van der Waals surface area (Å²) in [5.41, 5.74) is 2.40. The Morgan fingerprint density at radius 1 is 1.14 bits per heavy atom. The minimum absolute atomic E-state index is 0.0165. The summed E-state index contributed by atoms with van der Waals surface area (Å²) >= 11 is 0. The van der Waals surface area contributed by atoms with Crippen molar-refractivity contribution in [2.45, 2.75) is 31.9 Å². The van der Waals surface area contributed by atoms with E-state index in [1.54, 1.807) is 0 Å². The van der Waals surface area contributed by atoms with E-state index in [0.717, 1.165) is 6.54 Å². The van der Waals surface area contributed by atoms with Crippen LogP contribution >= 0.6 is 0 Å². The molecule has 0 radical (unpaired) electrons. The van der Waals surface area contributed by atoms with Crippen LogP contribution in [-0.2, 0) is 9.59 Å². The monoisotopic (exact) mass is 385 g/mol. The fourth-order valence-electron chi connectivity index (χ4n) is 5.21. The highest BCUT2D eigenvalue weighted by atomic mass is 16.3. The standard InChI is InChI=1S/C22H31N3O3/c1-14-6-4-5-7-18(14)21-19-12-24(22(28)15-8-17(26)9-15)10-16(19)11-25(21)20(27)13-23(2)3/h4-7,15-17,19,21,26H,8-13H2,1-3H3/t15?,16-,17?,19-,21+/m1/s1. The van der Waals surface area contributed by atoms with Crippen LogP contribution in [-0.4, -0.2) is 78.0 Å². The maximum Gasteiger partial charge on any atom is 0.237 e. The quantitative estimate of drug-likeness (QED) is 0.848. The Balaban J connectivity index is 1.56. The molecule has 152 valence electrons. The minimum atomic E-state index is -0.310. The molecule has 0 bridgehead atoms. The molecule has 1 N–H and O–H groups in total. The fraction of sp³-hybridized carbons (Fsp3) is 0.636. The number of carbonyl (C=O) groups is 2. The molecule has 1 aromatic rings. The van der Waals surface area contributed by atoms with Crippen molar-refractivity contribution in [2.75, 3.05) is 40.3 Å². The summed E-state index contributed by atoms with van der Waals surface area (Å²) in [6, 6.07) is 8.33. The zero-order valence-corrected chi connectivity index (χ0v) is 17.0. The van der Waals surface area contributed by atoms with Crippen LogP contribution in [0, 0.1) is 24.7 Å². The molecule has 1 saturated carbocycles. The molecule has 3 aliphatic rings. The van der Waals surface area contributed by atoms with E-state index in [4.69, 9.17) is 0 Å². The van der Waals surface area contributed by atoms with Gasteiger partial charge in [0.05, 0.1) is 18.7 Å². The van der Waals surface area contributed by atoms with E-state index in [-0.39, 0.29) is 35.8 Å². The second-order valence-corrected chi connectivity index (χ2v) is 9.07. The van der Waals surface area contributed by atoms with Crippen molar-refractivity contribution in [1.82, 2.24) is 14.7 Å². The van der Waals surface area contributed by atoms with E-state index in [2.05, 4.69) is 19.1 Å². The van der Waals surface area contributed by atoms with Gasteiger partial charge in [0.15, 0.2) is 0 Å². The summed E-state index contributed by atoms with van der Waals surface area (Å²) in [5, 5.41) is 9.54. The maximum atomic E-state index is 13.0. The molecule has 3 fully saturated rings. The number of hydrogen-bond acceptors (Lipinski definition) is 4. The normalized spacial score (nSPS) is 31.8. The molecule has 28 heavy (non-hydrogen) atoms. The van der Waals surface area contributed by atoms with E-state index >= 15 is 0 Å². The molecule has 0 aromatic heterocycles. The topological polar surface area (TPSA) is 64.1 Å². The summed E-state index contributed by atoms with van der Waals surface area (Å²) in [6.07, 6.45) is 0.883. The number of hydrogen-bond donors (Lipinski definition) is 1. The number of likely N-dealkylation sites (tertiary alicyclic amines) is 2. The van der Waals surface area contributed by atoms with Gasteiger partial charge in [-0.1, -0.05) is 24.3 Å². The number of aliphatic hydroxyl groups excluding tert-OH is 1. The number of nitrogens with zero attached hydrogens (tertiary/aromatic N) is 3. The van der Waals surface area contributed by atoms with Crippen LogP contribution in [0.25, 0.3) is 0 Å². The number of rotatable bonds is 4. The first-order chi connectivity index (χ1) is 13.3. The van der Waals surface area contributed by atoms with Crippen LogP contribution in [0.3, 0.4) is 0 Å². The van der Waals surface area contributed by atoms with Gasteiger partial charge in [-0.25, -0.2) is 0 Å². The molecule has 1 aliphatic carbocycles.